The molecule has 2 N–H and O–H groups in total. The summed E-state index contributed by atoms with van der Waals surface area (Å²) in [5, 5.41) is 11.4. The van der Waals surface area contributed by atoms with Gasteiger partial charge in [-0.15, -0.1) is 0 Å². The summed E-state index contributed by atoms with van der Waals surface area (Å²) in [6.07, 6.45) is -2.40. The number of benzene rings is 1. The van der Waals surface area contributed by atoms with Gasteiger partial charge in [-0.05, 0) is 6.92 Å². The summed E-state index contributed by atoms with van der Waals surface area (Å²) in [5.74, 6) is -0.575. The van der Waals surface area contributed by atoms with Crippen LogP contribution in [-0.4, -0.2) is 29.8 Å². The Bertz CT molecular complexity index is 364. The van der Waals surface area contributed by atoms with E-state index in [0.29, 0.717) is 5.56 Å². The number of hydrogen-bond donors (Lipinski definition) is 2. The molecule has 0 bridgehead atoms. The number of rotatable bonds is 4. The van der Waals surface area contributed by atoms with Crippen molar-refractivity contribution in [1.29, 1.82) is 0 Å². The summed E-state index contributed by atoms with van der Waals surface area (Å²) in [6, 6.07) is 8.20. The molecule has 86 valence electrons. The normalized spacial score (nSPS) is 11.6. The van der Waals surface area contributed by atoms with Crippen LogP contribution in [0.15, 0.2) is 30.3 Å². The van der Waals surface area contributed by atoms with Gasteiger partial charge in [-0.3, -0.25) is 10.1 Å². The lowest BCUT2D eigenvalue weighted by Crippen LogP contribution is -2.40. The lowest BCUT2D eigenvalue weighted by molar-refractivity contribution is 0.0635. The third-order valence-corrected chi connectivity index (χ3v) is 1.84. The van der Waals surface area contributed by atoms with Crippen molar-refractivity contribution in [2.45, 2.75) is 13.2 Å². The van der Waals surface area contributed by atoms with Gasteiger partial charge in [0.05, 0.1) is 6.61 Å². The third-order valence-electron chi connectivity index (χ3n) is 1.84. The van der Waals surface area contributed by atoms with E-state index in [1.165, 1.54) is 0 Å². The average molecular weight is 223 g/mol. The van der Waals surface area contributed by atoms with E-state index in [4.69, 9.17) is 0 Å². The molecule has 1 atom stereocenters. The molecule has 0 spiro atoms. The molecule has 1 aromatic carbocycles. The highest BCUT2D eigenvalue weighted by molar-refractivity contribution is 6.00. The number of carbonyl (C=O) groups excluding carboxylic acids is 2. The Kier molecular flexibility index (Phi) is 4.47. The number of ether oxygens (including phenoxy) is 1. The molecule has 1 aromatic rings. The summed E-state index contributed by atoms with van der Waals surface area (Å²) < 4.78 is 4.54. The zero-order chi connectivity index (χ0) is 12.0. The molecule has 0 aliphatic rings. The Morgan fingerprint density at radius 1 is 1.38 bits per heavy atom. The second kappa shape index (κ2) is 5.87. The number of aliphatic hydroxyl groups excluding tert-OH is 1. The zero-order valence-corrected chi connectivity index (χ0v) is 8.84. The highest BCUT2D eigenvalue weighted by Crippen LogP contribution is 2.02. The Morgan fingerprint density at radius 3 is 2.56 bits per heavy atom. The van der Waals surface area contributed by atoms with Gasteiger partial charge in [0.15, 0.2) is 6.23 Å². The summed E-state index contributed by atoms with van der Waals surface area (Å²) in [4.78, 5) is 22.5. The quantitative estimate of drug-likeness (QED) is 0.588. The molecule has 5 heteroatoms. The van der Waals surface area contributed by atoms with Crippen molar-refractivity contribution >= 4 is 11.9 Å². The number of alkyl carbamates (subject to hydrolysis) is 1. The average Bonchev–Trinajstić information content (AvgIpc) is 2.29. The molecule has 0 saturated carbocycles. The van der Waals surface area contributed by atoms with Crippen molar-refractivity contribution < 1.29 is 19.4 Å². The van der Waals surface area contributed by atoms with Crippen LogP contribution < -0.4 is 5.32 Å². The van der Waals surface area contributed by atoms with Crippen LogP contribution in [0.25, 0.3) is 0 Å². The summed E-state index contributed by atoms with van der Waals surface area (Å²) in [7, 11) is 0. The number of carbonyl (C=O) groups is 2. The van der Waals surface area contributed by atoms with Crippen molar-refractivity contribution in [2.75, 3.05) is 6.61 Å². The van der Waals surface area contributed by atoms with Gasteiger partial charge in [0.1, 0.15) is 0 Å². The molecule has 0 aliphatic carbocycles. The summed E-state index contributed by atoms with van der Waals surface area (Å²) in [5.41, 5.74) is 0.326. The first-order chi connectivity index (χ1) is 7.65. The molecular formula is C11H13NO4. The second-order valence-corrected chi connectivity index (χ2v) is 3.00. The standard InChI is InChI=1S/C11H13NO4/c1-2-16-11(15)12-10(14)9(13)8-6-4-3-5-7-8/h3-7,10,14H,2H2,1H3,(H,12,15)/t10-/m0/s1. The van der Waals surface area contributed by atoms with Gasteiger partial charge < -0.3 is 9.84 Å². The van der Waals surface area contributed by atoms with Crippen LogP contribution >= 0.6 is 0 Å². The van der Waals surface area contributed by atoms with Crippen LogP contribution in [0.4, 0.5) is 4.79 Å². The van der Waals surface area contributed by atoms with E-state index in [-0.39, 0.29) is 6.61 Å². The molecule has 5 nitrogen and oxygen atoms in total. The largest absolute Gasteiger partial charge is 0.450 e. The molecule has 16 heavy (non-hydrogen) atoms. The first-order valence-corrected chi connectivity index (χ1v) is 4.85. The van der Waals surface area contributed by atoms with Crippen LogP contribution in [-0.2, 0) is 4.74 Å². The van der Waals surface area contributed by atoms with Crippen molar-refractivity contribution in [1.82, 2.24) is 5.32 Å². The SMILES string of the molecule is CCOC(=O)N[C@@H](O)C(=O)c1ccccc1. The lowest BCUT2D eigenvalue weighted by atomic mass is 10.1. The molecule has 1 rings (SSSR count). The van der Waals surface area contributed by atoms with Gasteiger partial charge in [-0.25, -0.2) is 4.79 Å². The van der Waals surface area contributed by atoms with Crippen LogP contribution in [0.3, 0.4) is 0 Å². The molecule has 0 radical (unpaired) electrons. The van der Waals surface area contributed by atoms with Gasteiger partial charge in [-0.2, -0.15) is 0 Å². The van der Waals surface area contributed by atoms with Crippen LogP contribution in [0.1, 0.15) is 17.3 Å². The molecule has 1 amide bonds. The van der Waals surface area contributed by atoms with Gasteiger partial charge in [0.2, 0.25) is 5.78 Å². The molecule has 0 unspecified atom stereocenters. The zero-order valence-electron chi connectivity index (χ0n) is 8.84. The Labute approximate surface area is 93.0 Å². The fourth-order valence-corrected chi connectivity index (χ4v) is 1.11. The minimum atomic E-state index is -1.58. The van der Waals surface area contributed by atoms with E-state index in [1.807, 2.05) is 5.32 Å². The van der Waals surface area contributed by atoms with Gasteiger partial charge in [0, 0.05) is 5.56 Å². The first kappa shape index (κ1) is 12.2. The van der Waals surface area contributed by atoms with Gasteiger partial charge in [0.25, 0.3) is 0 Å². The molecule has 0 aliphatic heterocycles. The smallest absolute Gasteiger partial charge is 0.409 e. The number of hydrogen-bond acceptors (Lipinski definition) is 4. The summed E-state index contributed by atoms with van der Waals surface area (Å²) >= 11 is 0. The topological polar surface area (TPSA) is 75.6 Å². The third kappa shape index (κ3) is 3.36. The number of nitrogens with one attached hydrogen (secondary N) is 1. The highest BCUT2D eigenvalue weighted by Gasteiger charge is 2.19. The summed E-state index contributed by atoms with van der Waals surface area (Å²) in [6.45, 7) is 1.81. The number of Topliss-reactive ketones (excluding diaryl/α,β-unsaturated/α-hetero) is 1. The van der Waals surface area contributed by atoms with E-state index in [9.17, 15) is 14.7 Å². The number of ketones is 1. The monoisotopic (exact) mass is 223 g/mol. The Balaban J connectivity index is 2.58. The maximum atomic E-state index is 11.6. The molecule has 0 aromatic heterocycles. The lowest BCUT2D eigenvalue weighted by Gasteiger charge is -2.11. The van der Waals surface area contributed by atoms with Crippen molar-refractivity contribution in [3.05, 3.63) is 35.9 Å². The van der Waals surface area contributed by atoms with E-state index in [2.05, 4.69) is 4.74 Å². The van der Waals surface area contributed by atoms with Gasteiger partial charge >= 0.3 is 6.09 Å². The van der Waals surface area contributed by atoms with E-state index >= 15 is 0 Å². The Hall–Kier alpha value is -1.88. The van der Waals surface area contributed by atoms with E-state index < -0.39 is 18.1 Å². The molecule has 0 fully saturated rings. The first-order valence-electron chi connectivity index (χ1n) is 4.85. The van der Waals surface area contributed by atoms with Gasteiger partial charge in [-0.1, -0.05) is 30.3 Å². The number of amides is 1. The minimum Gasteiger partial charge on any atom is -0.450 e. The molecule has 0 saturated heterocycles. The second-order valence-electron chi connectivity index (χ2n) is 3.00. The highest BCUT2D eigenvalue weighted by atomic mass is 16.5. The molecular weight excluding hydrogens is 210 g/mol. The maximum Gasteiger partial charge on any atom is 0.409 e. The van der Waals surface area contributed by atoms with Crippen LogP contribution in [0, 0.1) is 0 Å². The van der Waals surface area contributed by atoms with Crippen LogP contribution in [0.2, 0.25) is 0 Å². The fourth-order valence-electron chi connectivity index (χ4n) is 1.11. The van der Waals surface area contributed by atoms with Crippen LogP contribution in [0.5, 0.6) is 0 Å². The Morgan fingerprint density at radius 2 is 2.00 bits per heavy atom. The predicted molar refractivity (Wildman–Crippen MR) is 56.9 cm³/mol. The fraction of sp³-hybridized carbons (Fsp3) is 0.273. The minimum absolute atomic E-state index is 0.179. The maximum absolute atomic E-state index is 11.6. The van der Waals surface area contributed by atoms with Crippen molar-refractivity contribution in [2.24, 2.45) is 0 Å². The van der Waals surface area contributed by atoms with Crippen molar-refractivity contribution in [3.63, 3.8) is 0 Å². The van der Waals surface area contributed by atoms with Crippen molar-refractivity contribution in [3.8, 4) is 0 Å². The molecule has 0 heterocycles. The van der Waals surface area contributed by atoms with E-state index in [0.717, 1.165) is 0 Å². The number of aliphatic hydroxyl groups is 1. The predicted octanol–water partition coefficient (Wildman–Crippen LogP) is 0.934. The van der Waals surface area contributed by atoms with E-state index in [1.54, 1.807) is 37.3 Å².